The topological polar surface area (TPSA) is 25.2 Å². The molecule has 0 radical (unpaired) electrons. The van der Waals surface area contributed by atoms with Crippen LogP contribution in [0.5, 0.6) is 0 Å². The van der Waals surface area contributed by atoms with E-state index >= 15 is 0 Å². The Kier molecular flexibility index (Phi) is 4.88. The Morgan fingerprint density at radius 2 is 2.00 bits per heavy atom. The van der Waals surface area contributed by atoms with Crippen LogP contribution in [0.1, 0.15) is 34.1 Å². The van der Waals surface area contributed by atoms with Crippen LogP contribution in [0.4, 0.5) is 0 Å². The van der Waals surface area contributed by atoms with Gasteiger partial charge >= 0.3 is 0 Å². The lowest BCUT2D eigenvalue weighted by atomic mass is 10.1. The molecule has 0 aliphatic heterocycles. The van der Waals surface area contributed by atoms with E-state index in [9.17, 15) is 4.79 Å². The summed E-state index contributed by atoms with van der Waals surface area (Å²) < 4.78 is 2.90. The van der Waals surface area contributed by atoms with Gasteiger partial charge in [-0.15, -0.1) is 0 Å². The molecule has 0 unspecified atom stereocenters. The summed E-state index contributed by atoms with van der Waals surface area (Å²) in [6.45, 7) is 7.61. The van der Waals surface area contributed by atoms with Crippen LogP contribution >= 0.6 is 15.9 Å². The van der Waals surface area contributed by atoms with Gasteiger partial charge in [-0.2, -0.15) is 0 Å². The van der Waals surface area contributed by atoms with Crippen LogP contribution in [-0.4, -0.2) is 22.4 Å². The lowest BCUT2D eigenvalue weighted by Crippen LogP contribution is -2.28. The molecule has 2 aromatic rings. The van der Waals surface area contributed by atoms with E-state index in [0.717, 1.165) is 16.7 Å². The van der Waals surface area contributed by atoms with E-state index in [4.69, 9.17) is 0 Å². The van der Waals surface area contributed by atoms with E-state index in [2.05, 4.69) is 48.0 Å². The predicted octanol–water partition coefficient (Wildman–Crippen LogP) is 4.16. The van der Waals surface area contributed by atoms with E-state index in [-0.39, 0.29) is 5.91 Å². The molecule has 0 aliphatic rings. The molecule has 0 bridgehead atoms. The Labute approximate surface area is 134 Å². The van der Waals surface area contributed by atoms with Crippen molar-refractivity contribution in [3.8, 4) is 0 Å². The number of benzene rings is 1. The van der Waals surface area contributed by atoms with Gasteiger partial charge in [0.25, 0.3) is 5.91 Å². The Bertz CT molecular complexity index is 661. The smallest absolute Gasteiger partial charge is 0.270 e. The standard InChI is InChI=1S/C17H21BrN2O/c1-5-20-11-15(18)9-16(20)17(21)19(4)10-14-7-6-12(2)8-13(14)3/h6-9,11H,5,10H2,1-4H3. The molecule has 0 saturated heterocycles. The first-order valence-electron chi connectivity index (χ1n) is 7.09. The highest BCUT2D eigenvalue weighted by Gasteiger charge is 2.17. The van der Waals surface area contributed by atoms with Crippen molar-refractivity contribution in [2.45, 2.75) is 33.9 Å². The van der Waals surface area contributed by atoms with Crippen LogP contribution in [-0.2, 0) is 13.1 Å². The summed E-state index contributed by atoms with van der Waals surface area (Å²) in [5.41, 5.74) is 4.37. The van der Waals surface area contributed by atoms with Gasteiger partial charge in [0.1, 0.15) is 5.69 Å². The second kappa shape index (κ2) is 6.48. The van der Waals surface area contributed by atoms with Gasteiger partial charge in [0, 0.05) is 30.8 Å². The molecular formula is C17H21BrN2O. The molecule has 112 valence electrons. The lowest BCUT2D eigenvalue weighted by Gasteiger charge is -2.19. The highest BCUT2D eigenvalue weighted by Crippen LogP contribution is 2.18. The number of halogens is 1. The van der Waals surface area contributed by atoms with Crippen LogP contribution in [0.15, 0.2) is 34.9 Å². The van der Waals surface area contributed by atoms with E-state index in [1.807, 2.05) is 30.8 Å². The highest BCUT2D eigenvalue weighted by atomic mass is 79.9. The van der Waals surface area contributed by atoms with Crippen molar-refractivity contribution >= 4 is 21.8 Å². The number of nitrogens with zero attached hydrogens (tertiary/aromatic N) is 2. The molecule has 0 fully saturated rings. The molecule has 0 atom stereocenters. The van der Waals surface area contributed by atoms with Gasteiger partial charge in [-0.25, -0.2) is 0 Å². The Morgan fingerprint density at radius 3 is 2.62 bits per heavy atom. The zero-order valence-electron chi connectivity index (χ0n) is 13.0. The van der Waals surface area contributed by atoms with E-state index in [1.165, 1.54) is 16.7 Å². The maximum absolute atomic E-state index is 12.6. The van der Waals surface area contributed by atoms with E-state index in [0.29, 0.717) is 6.54 Å². The van der Waals surface area contributed by atoms with Gasteiger partial charge in [-0.3, -0.25) is 4.79 Å². The van der Waals surface area contributed by atoms with Crippen molar-refractivity contribution in [3.05, 3.63) is 57.3 Å². The number of carbonyl (C=O) groups is 1. The van der Waals surface area contributed by atoms with Crippen LogP contribution < -0.4 is 0 Å². The monoisotopic (exact) mass is 348 g/mol. The number of amides is 1. The summed E-state index contributed by atoms with van der Waals surface area (Å²) in [7, 11) is 1.85. The number of rotatable bonds is 4. The largest absolute Gasteiger partial charge is 0.343 e. The molecule has 0 spiro atoms. The van der Waals surface area contributed by atoms with Crippen LogP contribution in [0, 0.1) is 13.8 Å². The number of carbonyl (C=O) groups excluding carboxylic acids is 1. The second-order valence-electron chi connectivity index (χ2n) is 5.42. The number of hydrogen-bond acceptors (Lipinski definition) is 1. The molecule has 4 heteroatoms. The molecule has 21 heavy (non-hydrogen) atoms. The summed E-state index contributed by atoms with van der Waals surface area (Å²) in [5.74, 6) is 0.0440. The first-order chi connectivity index (χ1) is 9.92. The molecule has 1 amide bonds. The molecule has 0 saturated carbocycles. The van der Waals surface area contributed by atoms with Crippen molar-refractivity contribution in [1.82, 2.24) is 9.47 Å². The fourth-order valence-electron chi connectivity index (χ4n) is 2.46. The molecule has 2 rings (SSSR count). The quantitative estimate of drug-likeness (QED) is 0.814. The first kappa shape index (κ1) is 15.8. The Hall–Kier alpha value is -1.55. The third-order valence-electron chi connectivity index (χ3n) is 3.68. The SMILES string of the molecule is CCn1cc(Br)cc1C(=O)N(C)Cc1ccc(C)cc1C. The molecular weight excluding hydrogens is 328 g/mol. The summed E-state index contributed by atoms with van der Waals surface area (Å²) in [6.07, 6.45) is 1.94. The summed E-state index contributed by atoms with van der Waals surface area (Å²) in [6, 6.07) is 8.22. The Morgan fingerprint density at radius 1 is 1.29 bits per heavy atom. The zero-order chi connectivity index (χ0) is 15.6. The number of aryl methyl sites for hydroxylation is 3. The van der Waals surface area contributed by atoms with Gasteiger partial charge in [-0.1, -0.05) is 23.8 Å². The zero-order valence-corrected chi connectivity index (χ0v) is 14.6. The van der Waals surface area contributed by atoms with Crippen molar-refractivity contribution < 1.29 is 4.79 Å². The van der Waals surface area contributed by atoms with E-state index < -0.39 is 0 Å². The fourth-order valence-corrected chi connectivity index (χ4v) is 2.93. The van der Waals surface area contributed by atoms with Gasteiger partial charge in [-0.05, 0) is 53.9 Å². The third kappa shape index (κ3) is 3.56. The molecule has 0 aliphatic carbocycles. The molecule has 1 aromatic heterocycles. The molecule has 1 heterocycles. The lowest BCUT2D eigenvalue weighted by molar-refractivity contribution is 0.0774. The van der Waals surface area contributed by atoms with E-state index in [1.54, 1.807) is 4.90 Å². The maximum atomic E-state index is 12.6. The summed E-state index contributed by atoms with van der Waals surface area (Å²) >= 11 is 3.44. The summed E-state index contributed by atoms with van der Waals surface area (Å²) in [4.78, 5) is 14.4. The third-order valence-corrected chi connectivity index (χ3v) is 4.11. The maximum Gasteiger partial charge on any atom is 0.270 e. The predicted molar refractivity (Wildman–Crippen MR) is 89.5 cm³/mol. The molecule has 0 N–H and O–H groups in total. The Balaban J connectivity index is 2.19. The average Bonchev–Trinajstić information content (AvgIpc) is 2.82. The fraction of sp³-hybridized carbons (Fsp3) is 0.353. The van der Waals surface area contributed by atoms with Crippen LogP contribution in [0.3, 0.4) is 0 Å². The second-order valence-corrected chi connectivity index (χ2v) is 6.34. The van der Waals surface area contributed by atoms with Gasteiger partial charge in [0.15, 0.2) is 0 Å². The minimum atomic E-state index is 0.0440. The minimum Gasteiger partial charge on any atom is -0.343 e. The van der Waals surface area contributed by atoms with Gasteiger partial charge < -0.3 is 9.47 Å². The normalized spacial score (nSPS) is 10.7. The van der Waals surface area contributed by atoms with Crippen LogP contribution in [0.2, 0.25) is 0 Å². The van der Waals surface area contributed by atoms with Crippen LogP contribution in [0.25, 0.3) is 0 Å². The van der Waals surface area contributed by atoms with Crippen molar-refractivity contribution in [3.63, 3.8) is 0 Å². The van der Waals surface area contributed by atoms with Crippen molar-refractivity contribution in [2.24, 2.45) is 0 Å². The number of aromatic nitrogens is 1. The molecule has 3 nitrogen and oxygen atoms in total. The highest BCUT2D eigenvalue weighted by molar-refractivity contribution is 9.10. The first-order valence-corrected chi connectivity index (χ1v) is 7.89. The molecule has 1 aromatic carbocycles. The van der Waals surface area contributed by atoms with Crippen molar-refractivity contribution in [1.29, 1.82) is 0 Å². The van der Waals surface area contributed by atoms with Gasteiger partial charge in [0.2, 0.25) is 0 Å². The van der Waals surface area contributed by atoms with Crippen molar-refractivity contribution in [2.75, 3.05) is 7.05 Å². The average molecular weight is 349 g/mol. The summed E-state index contributed by atoms with van der Waals surface area (Å²) in [5, 5.41) is 0. The van der Waals surface area contributed by atoms with Gasteiger partial charge in [0.05, 0.1) is 0 Å². The minimum absolute atomic E-state index is 0.0440. The number of hydrogen-bond donors (Lipinski definition) is 0.